The van der Waals surface area contributed by atoms with E-state index in [1.165, 1.54) is 12.0 Å². The Morgan fingerprint density at radius 3 is 2.83 bits per heavy atom. The number of hydrogen-bond donors (Lipinski definition) is 1. The van der Waals surface area contributed by atoms with E-state index in [0.717, 1.165) is 3.57 Å². The fourth-order valence-electron chi connectivity index (χ4n) is 1.51. The Hall–Kier alpha value is -0.370. The first kappa shape index (κ1) is 15.7. The predicted molar refractivity (Wildman–Crippen MR) is 79.0 cm³/mol. The molecule has 0 saturated heterocycles. The highest BCUT2D eigenvalue weighted by molar-refractivity contribution is 14.1. The fourth-order valence-corrected chi connectivity index (χ4v) is 2.61. The maximum Gasteiger partial charge on any atom is 0.254 e. The van der Waals surface area contributed by atoms with E-state index in [0.29, 0.717) is 10.6 Å². The van der Waals surface area contributed by atoms with Gasteiger partial charge in [0.2, 0.25) is 0 Å². The summed E-state index contributed by atoms with van der Waals surface area (Å²) in [7, 11) is 3.15. The van der Waals surface area contributed by atoms with Crippen molar-refractivity contribution in [2.75, 3.05) is 27.3 Å². The van der Waals surface area contributed by atoms with Crippen molar-refractivity contribution < 1.29 is 14.6 Å². The molecule has 0 heterocycles. The third kappa shape index (κ3) is 4.38. The van der Waals surface area contributed by atoms with Gasteiger partial charge in [0.1, 0.15) is 0 Å². The number of aliphatic hydroxyl groups is 1. The molecule has 0 radical (unpaired) electrons. The van der Waals surface area contributed by atoms with Crippen LogP contribution in [0.15, 0.2) is 18.2 Å². The molecule has 0 aromatic heterocycles. The lowest BCUT2D eigenvalue weighted by Gasteiger charge is -2.21. The maximum absolute atomic E-state index is 12.1. The number of rotatable bonds is 5. The molecule has 1 unspecified atom stereocenters. The number of methoxy groups -OCH3 is 1. The number of benzene rings is 1. The van der Waals surface area contributed by atoms with Gasteiger partial charge in [-0.15, -0.1) is 0 Å². The van der Waals surface area contributed by atoms with Crippen molar-refractivity contribution in [1.29, 1.82) is 0 Å². The Morgan fingerprint density at radius 2 is 2.28 bits per heavy atom. The number of aliphatic hydroxyl groups excluding tert-OH is 1. The van der Waals surface area contributed by atoms with Crippen LogP contribution in [0.3, 0.4) is 0 Å². The quantitative estimate of drug-likeness (QED) is 0.792. The molecule has 1 rings (SSSR count). The molecule has 1 amide bonds. The molecule has 0 saturated carbocycles. The average Bonchev–Trinajstić information content (AvgIpc) is 2.28. The Labute approximate surface area is 125 Å². The van der Waals surface area contributed by atoms with Gasteiger partial charge in [0.15, 0.2) is 0 Å². The van der Waals surface area contributed by atoms with Gasteiger partial charge in [-0.1, -0.05) is 11.6 Å². The molecule has 0 aliphatic heterocycles. The molecule has 6 heteroatoms. The molecule has 100 valence electrons. The first-order valence-corrected chi connectivity index (χ1v) is 6.79. The van der Waals surface area contributed by atoms with E-state index < -0.39 is 6.10 Å². The van der Waals surface area contributed by atoms with Crippen LogP contribution in [0.2, 0.25) is 5.02 Å². The van der Waals surface area contributed by atoms with Gasteiger partial charge < -0.3 is 14.7 Å². The van der Waals surface area contributed by atoms with E-state index >= 15 is 0 Å². The Balaban J connectivity index is 2.74. The number of carbonyl (C=O) groups is 1. The zero-order valence-electron chi connectivity index (χ0n) is 10.2. The smallest absolute Gasteiger partial charge is 0.254 e. The maximum atomic E-state index is 12.1. The molecule has 4 nitrogen and oxygen atoms in total. The summed E-state index contributed by atoms with van der Waals surface area (Å²) in [4.78, 5) is 13.6. The van der Waals surface area contributed by atoms with Crippen molar-refractivity contribution in [1.82, 2.24) is 4.90 Å². The van der Waals surface area contributed by atoms with E-state index in [1.807, 2.05) is 0 Å². The first-order valence-electron chi connectivity index (χ1n) is 5.33. The third-order valence-corrected chi connectivity index (χ3v) is 3.48. The molecule has 0 bridgehead atoms. The minimum atomic E-state index is -0.686. The minimum absolute atomic E-state index is 0.147. The Kier molecular flexibility index (Phi) is 6.34. The standard InChI is InChI=1S/C12H15ClINO3/c1-15(6-9(16)7-18-2)12(17)10-4-3-8(13)5-11(10)14/h3-5,9,16H,6-7H2,1-2H3. The SMILES string of the molecule is COCC(O)CN(C)C(=O)c1ccc(Cl)cc1I. The van der Waals surface area contributed by atoms with Crippen molar-refractivity contribution in [3.05, 3.63) is 32.4 Å². The second kappa shape index (κ2) is 7.28. The summed E-state index contributed by atoms with van der Waals surface area (Å²) in [6, 6.07) is 5.09. The van der Waals surface area contributed by atoms with Gasteiger partial charge in [0.05, 0.1) is 18.3 Å². The van der Waals surface area contributed by atoms with Crippen molar-refractivity contribution in [3.8, 4) is 0 Å². The molecule has 1 atom stereocenters. The summed E-state index contributed by atoms with van der Waals surface area (Å²) in [5.41, 5.74) is 0.576. The number of likely N-dealkylation sites (N-methyl/N-ethyl adjacent to an activating group) is 1. The number of nitrogens with zero attached hydrogens (tertiary/aromatic N) is 1. The molecular formula is C12H15ClINO3. The van der Waals surface area contributed by atoms with Crippen molar-refractivity contribution in [3.63, 3.8) is 0 Å². The van der Waals surface area contributed by atoms with Crippen molar-refractivity contribution in [2.24, 2.45) is 0 Å². The van der Waals surface area contributed by atoms with E-state index in [4.69, 9.17) is 16.3 Å². The predicted octanol–water partition coefficient (Wildman–Crippen LogP) is 2.02. The van der Waals surface area contributed by atoms with Crippen LogP contribution in [0.25, 0.3) is 0 Å². The van der Waals surface area contributed by atoms with Crippen LogP contribution in [-0.2, 0) is 4.74 Å². The molecular weight excluding hydrogens is 368 g/mol. The van der Waals surface area contributed by atoms with Gasteiger partial charge in [0.25, 0.3) is 5.91 Å². The zero-order chi connectivity index (χ0) is 13.7. The number of halogens is 2. The number of hydrogen-bond acceptors (Lipinski definition) is 3. The number of carbonyl (C=O) groups excluding carboxylic acids is 1. The summed E-state index contributed by atoms with van der Waals surface area (Å²) < 4.78 is 5.61. The van der Waals surface area contributed by atoms with Crippen molar-refractivity contribution >= 4 is 40.1 Å². The molecule has 1 aromatic rings. The lowest BCUT2D eigenvalue weighted by atomic mass is 10.2. The normalized spacial score (nSPS) is 12.3. The minimum Gasteiger partial charge on any atom is -0.389 e. The van der Waals surface area contributed by atoms with Crippen LogP contribution in [0.1, 0.15) is 10.4 Å². The molecule has 0 fully saturated rings. The Bertz CT molecular complexity index is 428. The first-order chi connectivity index (χ1) is 8.45. The summed E-state index contributed by atoms with van der Waals surface area (Å²) in [5, 5.41) is 10.2. The molecule has 1 aromatic carbocycles. The molecule has 18 heavy (non-hydrogen) atoms. The van der Waals surface area contributed by atoms with Crippen LogP contribution in [-0.4, -0.2) is 49.3 Å². The molecule has 0 aliphatic carbocycles. The van der Waals surface area contributed by atoms with Crippen molar-refractivity contribution in [2.45, 2.75) is 6.10 Å². The van der Waals surface area contributed by atoms with E-state index in [1.54, 1.807) is 25.2 Å². The second-order valence-electron chi connectivity index (χ2n) is 3.92. The van der Waals surface area contributed by atoms with Crippen LogP contribution < -0.4 is 0 Å². The fraction of sp³-hybridized carbons (Fsp3) is 0.417. The summed E-state index contributed by atoms with van der Waals surface area (Å²) in [6.45, 7) is 0.431. The topological polar surface area (TPSA) is 49.8 Å². The van der Waals surface area contributed by atoms with Crippen LogP contribution >= 0.6 is 34.2 Å². The average molecular weight is 384 g/mol. The zero-order valence-corrected chi connectivity index (χ0v) is 13.1. The van der Waals surface area contributed by atoms with Gasteiger partial charge in [0, 0.05) is 29.3 Å². The molecule has 1 N–H and O–H groups in total. The number of ether oxygens (including phenoxy) is 1. The van der Waals surface area contributed by atoms with Gasteiger partial charge in [-0.3, -0.25) is 4.79 Å². The Morgan fingerprint density at radius 1 is 1.61 bits per heavy atom. The largest absolute Gasteiger partial charge is 0.389 e. The number of amides is 1. The molecule has 0 aliphatic rings. The second-order valence-corrected chi connectivity index (χ2v) is 5.52. The summed E-state index contributed by atoms with van der Waals surface area (Å²) >= 11 is 7.91. The van der Waals surface area contributed by atoms with Gasteiger partial charge in [-0.25, -0.2) is 0 Å². The van der Waals surface area contributed by atoms with Gasteiger partial charge in [-0.2, -0.15) is 0 Å². The van der Waals surface area contributed by atoms with E-state index in [9.17, 15) is 9.90 Å². The molecule has 0 spiro atoms. The van der Waals surface area contributed by atoms with Crippen LogP contribution in [0.4, 0.5) is 0 Å². The van der Waals surface area contributed by atoms with Gasteiger partial charge in [-0.05, 0) is 40.8 Å². The summed E-state index contributed by atoms with van der Waals surface area (Å²) in [5.74, 6) is -0.147. The highest BCUT2D eigenvalue weighted by Gasteiger charge is 2.17. The van der Waals surface area contributed by atoms with Crippen LogP contribution in [0, 0.1) is 3.57 Å². The lowest BCUT2D eigenvalue weighted by molar-refractivity contribution is 0.0380. The summed E-state index contributed by atoms with van der Waals surface area (Å²) in [6.07, 6.45) is -0.686. The van der Waals surface area contributed by atoms with E-state index in [2.05, 4.69) is 22.6 Å². The van der Waals surface area contributed by atoms with Crippen LogP contribution in [0.5, 0.6) is 0 Å². The monoisotopic (exact) mass is 383 g/mol. The highest BCUT2D eigenvalue weighted by Crippen LogP contribution is 2.19. The van der Waals surface area contributed by atoms with E-state index in [-0.39, 0.29) is 19.1 Å². The van der Waals surface area contributed by atoms with Gasteiger partial charge >= 0.3 is 0 Å². The third-order valence-electron chi connectivity index (χ3n) is 2.35. The highest BCUT2D eigenvalue weighted by atomic mass is 127. The lowest BCUT2D eigenvalue weighted by Crippen LogP contribution is -2.36.